The Labute approximate surface area is 111 Å². The first-order valence-corrected chi connectivity index (χ1v) is 6.74. The summed E-state index contributed by atoms with van der Waals surface area (Å²) in [6, 6.07) is 12.2. The Balaban J connectivity index is 1.87. The van der Waals surface area contributed by atoms with Crippen molar-refractivity contribution in [1.29, 1.82) is 5.26 Å². The number of nitriles is 1. The maximum atomic E-state index is 9.18. The zero-order valence-electron chi connectivity index (χ0n) is 10.3. The summed E-state index contributed by atoms with van der Waals surface area (Å²) in [6.07, 6.45) is 0. The minimum atomic E-state index is -0.106. The Morgan fingerprint density at radius 1 is 1.39 bits per heavy atom. The predicted molar refractivity (Wildman–Crippen MR) is 73.4 cm³/mol. The van der Waals surface area contributed by atoms with Gasteiger partial charge in [0.25, 0.3) is 0 Å². The maximum absolute atomic E-state index is 9.18. The van der Waals surface area contributed by atoms with Gasteiger partial charge in [0.05, 0.1) is 22.7 Å². The second kappa shape index (κ2) is 6.29. The van der Waals surface area contributed by atoms with Crippen LogP contribution in [0.3, 0.4) is 0 Å². The molecule has 0 aliphatic carbocycles. The molecule has 2 aromatic rings. The van der Waals surface area contributed by atoms with Gasteiger partial charge < -0.3 is 5.32 Å². The summed E-state index contributed by atoms with van der Waals surface area (Å²) in [4.78, 5) is 4.38. The third-order valence-corrected chi connectivity index (χ3v) is 3.50. The van der Waals surface area contributed by atoms with Crippen LogP contribution in [0.4, 0.5) is 0 Å². The van der Waals surface area contributed by atoms with Crippen molar-refractivity contribution in [2.24, 2.45) is 0 Å². The lowest BCUT2D eigenvalue weighted by Crippen LogP contribution is -2.20. The largest absolute Gasteiger partial charge is 0.309 e. The quantitative estimate of drug-likeness (QED) is 0.896. The monoisotopic (exact) mass is 257 g/mol. The Morgan fingerprint density at radius 2 is 2.17 bits per heavy atom. The molecule has 3 nitrogen and oxygen atoms in total. The lowest BCUT2D eigenvalue weighted by Gasteiger charge is -2.09. The molecule has 0 aliphatic heterocycles. The van der Waals surface area contributed by atoms with Crippen LogP contribution in [0.15, 0.2) is 35.7 Å². The molecule has 0 spiro atoms. The Kier molecular flexibility index (Phi) is 4.46. The molecule has 1 aromatic heterocycles. The van der Waals surface area contributed by atoms with E-state index in [0.29, 0.717) is 6.54 Å². The van der Waals surface area contributed by atoms with E-state index in [9.17, 15) is 5.26 Å². The number of thiazole rings is 1. The topological polar surface area (TPSA) is 48.7 Å². The molecule has 0 saturated heterocycles. The maximum Gasteiger partial charge on any atom is 0.0897 e. The van der Waals surface area contributed by atoms with Crippen LogP contribution in [0, 0.1) is 18.3 Å². The molecular formula is C14H15N3S. The van der Waals surface area contributed by atoms with Crippen molar-refractivity contribution >= 4 is 11.3 Å². The van der Waals surface area contributed by atoms with E-state index in [0.717, 1.165) is 22.8 Å². The molecule has 1 aromatic carbocycles. The van der Waals surface area contributed by atoms with Gasteiger partial charge in [-0.1, -0.05) is 30.3 Å². The van der Waals surface area contributed by atoms with Gasteiger partial charge in [0.2, 0.25) is 0 Å². The number of hydrogen-bond donors (Lipinski definition) is 1. The van der Waals surface area contributed by atoms with Gasteiger partial charge in [0.15, 0.2) is 0 Å². The molecule has 0 radical (unpaired) electrons. The van der Waals surface area contributed by atoms with Gasteiger partial charge in [-0.05, 0) is 12.5 Å². The highest BCUT2D eigenvalue weighted by Gasteiger charge is 2.09. The molecule has 18 heavy (non-hydrogen) atoms. The van der Waals surface area contributed by atoms with Crippen molar-refractivity contribution in [3.8, 4) is 6.07 Å². The molecule has 4 heteroatoms. The van der Waals surface area contributed by atoms with Gasteiger partial charge in [-0.2, -0.15) is 5.26 Å². The number of rotatable bonds is 5. The average molecular weight is 257 g/mol. The Bertz CT molecular complexity index is 527. The third-order valence-electron chi connectivity index (χ3n) is 2.68. The van der Waals surface area contributed by atoms with Crippen LogP contribution in [0.5, 0.6) is 0 Å². The molecule has 92 valence electrons. The van der Waals surface area contributed by atoms with Crippen LogP contribution in [-0.4, -0.2) is 11.5 Å². The van der Waals surface area contributed by atoms with Crippen LogP contribution in [0.2, 0.25) is 0 Å². The highest BCUT2D eigenvalue weighted by Crippen LogP contribution is 2.13. The summed E-state index contributed by atoms with van der Waals surface area (Å²) in [7, 11) is 0. The van der Waals surface area contributed by atoms with E-state index in [1.165, 1.54) is 0 Å². The van der Waals surface area contributed by atoms with Crippen molar-refractivity contribution in [2.75, 3.05) is 6.54 Å². The van der Waals surface area contributed by atoms with Crippen molar-refractivity contribution in [2.45, 2.75) is 19.4 Å². The van der Waals surface area contributed by atoms with E-state index in [1.807, 2.05) is 42.6 Å². The minimum Gasteiger partial charge on any atom is -0.309 e. The van der Waals surface area contributed by atoms with E-state index in [2.05, 4.69) is 16.4 Å². The normalized spacial score (nSPS) is 12.0. The lowest BCUT2D eigenvalue weighted by molar-refractivity contribution is 0.644. The van der Waals surface area contributed by atoms with Gasteiger partial charge in [0.1, 0.15) is 0 Å². The first kappa shape index (κ1) is 12.7. The first-order valence-electron chi connectivity index (χ1n) is 5.86. The fourth-order valence-corrected chi connectivity index (χ4v) is 2.37. The van der Waals surface area contributed by atoms with Crippen LogP contribution < -0.4 is 5.32 Å². The molecule has 1 atom stereocenters. The number of benzene rings is 1. The summed E-state index contributed by atoms with van der Waals surface area (Å²) in [5.41, 5.74) is 2.10. The molecule has 0 amide bonds. The van der Waals surface area contributed by atoms with E-state index in [-0.39, 0.29) is 5.92 Å². The fourth-order valence-electron chi connectivity index (χ4n) is 1.76. The SMILES string of the molecule is Cc1nc(CNCC(C#N)c2ccccc2)cs1. The highest BCUT2D eigenvalue weighted by molar-refractivity contribution is 7.09. The molecule has 0 aliphatic rings. The van der Waals surface area contributed by atoms with Gasteiger partial charge >= 0.3 is 0 Å². The number of aryl methyl sites for hydroxylation is 1. The molecule has 2 rings (SSSR count). The molecule has 0 saturated carbocycles. The molecule has 0 fully saturated rings. The van der Waals surface area contributed by atoms with Crippen LogP contribution in [-0.2, 0) is 6.54 Å². The van der Waals surface area contributed by atoms with E-state index in [4.69, 9.17) is 0 Å². The Morgan fingerprint density at radius 3 is 2.78 bits per heavy atom. The van der Waals surface area contributed by atoms with Crippen molar-refractivity contribution < 1.29 is 0 Å². The van der Waals surface area contributed by atoms with Gasteiger partial charge in [-0.15, -0.1) is 11.3 Å². The van der Waals surface area contributed by atoms with Gasteiger partial charge in [0, 0.05) is 18.5 Å². The zero-order valence-corrected chi connectivity index (χ0v) is 11.1. The van der Waals surface area contributed by atoms with Crippen LogP contribution >= 0.6 is 11.3 Å². The summed E-state index contributed by atoms with van der Waals surface area (Å²) >= 11 is 1.65. The standard InChI is InChI=1S/C14H15N3S/c1-11-17-14(10-18-11)9-16-8-13(7-15)12-5-3-2-4-6-12/h2-6,10,13,16H,8-9H2,1H3. The van der Waals surface area contributed by atoms with Gasteiger partial charge in [-0.3, -0.25) is 0 Å². The number of nitrogens with zero attached hydrogens (tertiary/aromatic N) is 2. The summed E-state index contributed by atoms with van der Waals surface area (Å²) in [5, 5.41) is 15.6. The third kappa shape index (κ3) is 3.39. The second-order valence-corrected chi connectivity index (χ2v) is 5.14. The summed E-state index contributed by atoms with van der Waals surface area (Å²) < 4.78 is 0. The van der Waals surface area contributed by atoms with Gasteiger partial charge in [-0.25, -0.2) is 4.98 Å². The van der Waals surface area contributed by atoms with Crippen LogP contribution in [0.1, 0.15) is 22.2 Å². The second-order valence-electron chi connectivity index (χ2n) is 4.08. The summed E-state index contributed by atoms with van der Waals surface area (Å²) in [6.45, 7) is 3.36. The molecule has 0 bridgehead atoms. The van der Waals surface area contributed by atoms with E-state index in [1.54, 1.807) is 11.3 Å². The van der Waals surface area contributed by atoms with E-state index >= 15 is 0 Å². The minimum absolute atomic E-state index is 0.106. The van der Waals surface area contributed by atoms with E-state index < -0.39 is 0 Å². The number of hydrogen-bond acceptors (Lipinski definition) is 4. The van der Waals surface area contributed by atoms with Crippen molar-refractivity contribution in [1.82, 2.24) is 10.3 Å². The molecular weight excluding hydrogens is 242 g/mol. The lowest BCUT2D eigenvalue weighted by atomic mass is 10.0. The van der Waals surface area contributed by atoms with Crippen molar-refractivity contribution in [3.63, 3.8) is 0 Å². The fraction of sp³-hybridized carbons (Fsp3) is 0.286. The highest BCUT2D eigenvalue weighted by atomic mass is 32.1. The predicted octanol–water partition coefficient (Wildman–Crippen LogP) is 2.85. The smallest absolute Gasteiger partial charge is 0.0897 e. The van der Waals surface area contributed by atoms with Crippen molar-refractivity contribution in [3.05, 3.63) is 52.0 Å². The molecule has 1 unspecified atom stereocenters. The number of aromatic nitrogens is 1. The molecule has 1 N–H and O–H groups in total. The summed E-state index contributed by atoms with van der Waals surface area (Å²) in [5.74, 6) is -0.106. The number of nitrogens with one attached hydrogen (secondary N) is 1. The average Bonchev–Trinajstić information content (AvgIpc) is 2.81. The van der Waals surface area contributed by atoms with Crippen LogP contribution in [0.25, 0.3) is 0 Å². The Hall–Kier alpha value is -1.70. The first-order chi connectivity index (χ1) is 8.79. The zero-order chi connectivity index (χ0) is 12.8. The molecule has 1 heterocycles.